The van der Waals surface area contributed by atoms with Crippen LogP contribution in [0.4, 0.5) is 5.82 Å². The highest BCUT2D eigenvalue weighted by Gasteiger charge is 2.36. The molecular formula is C26H26N6O4. The normalized spacial score (nSPS) is 14.7. The maximum Gasteiger partial charge on any atom is 0.272 e. The molecule has 4 aromatic rings. The molecule has 2 aromatic heterocycles. The van der Waals surface area contributed by atoms with Crippen molar-refractivity contribution in [2.24, 2.45) is 0 Å². The zero-order valence-electron chi connectivity index (χ0n) is 20.7. The van der Waals surface area contributed by atoms with E-state index in [0.717, 1.165) is 27.9 Å². The Bertz CT molecular complexity index is 1450. The first kappa shape index (κ1) is 23.3. The number of nitrogens with zero attached hydrogens (tertiary/aromatic N) is 5. The van der Waals surface area contributed by atoms with E-state index in [1.54, 1.807) is 33.6 Å². The predicted octanol–water partition coefficient (Wildman–Crippen LogP) is 3.84. The molecular weight excluding hydrogens is 460 g/mol. The van der Waals surface area contributed by atoms with Gasteiger partial charge in [-0.3, -0.25) is 4.79 Å². The molecule has 1 aliphatic heterocycles. The van der Waals surface area contributed by atoms with Crippen molar-refractivity contribution in [2.75, 3.05) is 26.6 Å². The molecule has 0 radical (unpaired) electrons. The van der Waals surface area contributed by atoms with E-state index in [-0.39, 0.29) is 24.2 Å². The number of ether oxygens (including phenoxy) is 3. The summed E-state index contributed by atoms with van der Waals surface area (Å²) < 4.78 is 18.3. The van der Waals surface area contributed by atoms with Crippen LogP contribution in [0.5, 0.6) is 17.2 Å². The molecule has 36 heavy (non-hydrogen) atoms. The van der Waals surface area contributed by atoms with Gasteiger partial charge in [0.2, 0.25) is 11.7 Å². The largest absolute Gasteiger partial charge is 0.493 e. The minimum Gasteiger partial charge on any atom is -0.493 e. The van der Waals surface area contributed by atoms with Crippen LogP contribution >= 0.6 is 0 Å². The second kappa shape index (κ2) is 9.29. The fourth-order valence-electron chi connectivity index (χ4n) is 4.60. The van der Waals surface area contributed by atoms with Gasteiger partial charge in [-0.15, -0.1) is 5.10 Å². The number of amides is 1. The number of aryl methyl sites for hydroxylation is 2. The molecule has 10 nitrogen and oxygen atoms in total. The average molecular weight is 487 g/mol. The van der Waals surface area contributed by atoms with Crippen LogP contribution in [0.2, 0.25) is 0 Å². The van der Waals surface area contributed by atoms with E-state index in [1.807, 2.05) is 44.2 Å². The third-order valence-corrected chi connectivity index (χ3v) is 6.30. The van der Waals surface area contributed by atoms with Gasteiger partial charge in [0.1, 0.15) is 5.82 Å². The van der Waals surface area contributed by atoms with Gasteiger partial charge in [0.15, 0.2) is 11.5 Å². The summed E-state index contributed by atoms with van der Waals surface area (Å²) in [7, 11) is 4.69. The van der Waals surface area contributed by atoms with Gasteiger partial charge < -0.3 is 19.5 Å². The Morgan fingerprint density at radius 3 is 2.42 bits per heavy atom. The van der Waals surface area contributed by atoms with Gasteiger partial charge in [-0.05, 0) is 19.9 Å². The van der Waals surface area contributed by atoms with E-state index >= 15 is 0 Å². The third-order valence-electron chi connectivity index (χ3n) is 6.30. The minimum absolute atomic E-state index is 0.159. The van der Waals surface area contributed by atoms with Crippen molar-refractivity contribution < 1.29 is 19.0 Å². The summed E-state index contributed by atoms with van der Waals surface area (Å²) in [5.41, 5.74) is 5.09. The number of nitrogens with one attached hydrogen (secondary N) is 1. The monoisotopic (exact) mass is 486 g/mol. The van der Waals surface area contributed by atoms with Crippen molar-refractivity contribution >= 4 is 11.7 Å². The van der Waals surface area contributed by atoms with E-state index < -0.39 is 0 Å². The van der Waals surface area contributed by atoms with Crippen molar-refractivity contribution in [2.45, 2.75) is 26.2 Å². The summed E-state index contributed by atoms with van der Waals surface area (Å²) >= 11 is 0. The van der Waals surface area contributed by atoms with E-state index in [4.69, 9.17) is 19.3 Å². The van der Waals surface area contributed by atoms with E-state index in [9.17, 15) is 4.79 Å². The van der Waals surface area contributed by atoms with Crippen LogP contribution < -0.4 is 19.5 Å². The minimum atomic E-state index is -0.328. The van der Waals surface area contributed by atoms with Gasteiger partial charge in [0.05, 0.1) is 38.9 Å². The van der Waals surface area contributed by atoms with Gasteiger partial charge in [-0.25, -0.2) is 4.98 Å². The topological polar surface area (TPSA) is 113 Å². The van der Waals surface area contributed by atoms with Crippen LogP contribution in [0.15, 0.2) is 42.6 Å². The number of fused-ring (bicyclic) bond motifs is 1. The molecule has 3 heterocycles. The smallest absolute Gasteiger partial charge is 0.272 e. The van der Waals surface area contributed by atoms with Crippen molar-refractivity contribution in [1.82, 2.24) is 25.0 Å². The second-order valence-corrected chi connectivity index (χ2v) is 8.50. The standard InChI is InChI=1S/C26H26N6O4/c1-14-6-8-16(9-7-14)19-13-27-30-26(28-19)32-25-22(15(2)31-32)18(12-21(33)29-25)17-10-11-20(34-3)24(36-5)23(17)35-4/h6-11,13,18H,12H2,1-5H3,(H,29,33)/t18-/m1/s1. The lowest BCUT2D eigenvalue weighted by Gasteiger charge is -2.26. The molecule has 184 valence electrons. The summed E-state index contributed by atoms with van der Waals surface area (Å²) in [6.45, 7) is 3.92. The number of benzene rings is 2. The first-order valence-electron chi connectivity index (χ1n) is 11.4. The third kappa shape index (κ3) is 3.90. The molecule has 1 atom stereocenters. The average Bonchev–Trinajstić information content (AvgIpc) is 3.23. The van der Waals surface area contributed by atoms with Crippen LogP contribution in [0, 0.1) is 13.8 Å². The van der Waals surface area contributed by atoms with E-state index in [2.05, 4.69) is 20.5 Å². The molecule has 1 N–H and O–H groups in total. The molecule has 1 aliphatic rings. The van der Waals surface area contributed by atoms with Crippen LogP contribution in [0.3, 0.4) is 0 Å². The number of carbonyl (C=O) groups excluding carboxylic acids is 1. The van der Waals surface area contributed by atoms with Crippen LogP contribution in [-0.2, 0) is 4.79 Å². The number of aromatic nitrogens is 5. The summed E-state index contributed by atoms with van der Waals surface area (Å²) in [6, 6.07) is 11.7. The number of hydrogen-bond donors (Lipinski definition) is 1. The molecule has 0 unspecified atom stereocenters. The Morgan fingerprint density at radius 2 is 1.72 bits per heavy atom. The Morgan fingerprint density at radius 1 is 0.972 bits per heavy atom. The molecule has 0 fully saturated rings. The van der Waals surface area contributed by atoms with E-state index in [1.165, 1.54) is 4.68 Å². The molecule has 10 heteroatoms. The van der Waals surface area contributed by atoms with Crippen LogP contribution in [0.25, 0.3) is 17.2 Å². The van der Waals surface area contributed by atoms with Gasteiger partial charge >= 0.3 is 0 Å². The molecule has 5 rings (SSSR count). The summed E-state index contributed by atoms with van der Waals surface area (Å²) in [4.78, 5) is 17.6. The lowest BCUT2D eigenvalue weighted by atomic mass is 9.85. The van der Waals surface area contributed by atoms with Crippen LogP contribution in [-0.4, -0.2) is 52.2 Å². The molecule has 0 bridgehead atoms. The summed E-state index contributed by atoms with van der Waals surface area (Å²) in [5, 5.41) is 16.0. The molecule has 0 saturated carbocycles. The van der Waals surface area contributed by atoms with Crippen molar-refractivity contribution in [3.8, 4) is 34.5 Å². The quantitative estimate of drug-likeness (QED) is 0.437. The first-order valence-corrected chi connectivity index (χ1v) is 11.4. The lowest BCUT2D eigenvalue weighted by Crippen LogP contribution is -2.25. The first-order chi connectivity index (χ1) is 17.4. The summed E-state index contributed by atoms with van der Waals surface area (Å²) in [5.74, 6) is 1.80. The number of rotatable bonds is 6. The highest BCUT2D eigenvalue weighted by atomic mass is 16.5. The zero-order chi connectivity index (χ0) is 25.4. The fraction of sp³-hybridized carbons (Fsp3) is 0.269. The second-order valence-electron chi connectivity index (χ2n) is 8.50. The molecule has 0 aliphatic carbocycles. The van der Waals surface area contributed by atoms with Crippen molar-refractivity contribution in [1.29, 1.82) is 0 Å². The predicted molar refractivity (Wildman–Crippen MR) is 133 cm³/mol. The SMILES string of the molecule is COc1ccc([C@H]2CC(=O)Nc3c2c(C)nn3-c2nncc(-c3ccc(C)cc3)n2)c(OC)c1OC. The van der Waals surface area contributed by atoms with Crippen molar-refractivity contribution in [3.05, 3.63) is 65.0 Å². The van der Waals surface area contributed by atoms with Gasteiger partial charge in [-0.2, -0.15) is 14.9 Å². The van der Waals surface area contributed by atoms with Crippen LogP contribution in [0.1, 0.15) is 34.7 Å². The Kier molecular flexibility index (Phi) is 6.01. The Hall–Kier alpha value is -4.47. The van der Waals surface area contributed by atoms with Gasteiger partial charge in [0.25, 0.3) is 5.95 Å². The molecule has 1 amide bonds. The highest BCUT2D eigenvalue weighted by molar-refractivity contribution is 5.95. The zero-order valence-corrected chi connectivity index (χ0v) is 20.7. The van der Waals surface area contributed by atoms with Gasteiger partial charge in [0, 0.05) is 29.0 Å². The maximum atomic E-state index is 12.9. The van der Waals surface area contributed by atoms with Gasteiger partial charge in [-0.1, -0.05) is 35.9 Å². The lowest BCUT2D eigenvalue weighted by molar-refractivity contribution is -0.116. The number of hydrogen-bond acceptors (Lipinski definition) is 8. The summed E-state index contributed by atoms with van der Waals surface area (Å²) in [6.07, 6.45) is 1.82. The number of anilines is 1. The van der Waals surface area contributed by atoms with E-state index in [0.29, 0.717) is 28.8 Å². The molecule has 0 spiro atoms. The number of methoxy groups -OCH3 is 3. The number of carbonyl (C=O) groups is 1. The van der Waals surface area contributed by atoms with Crippen molar-refractivity contribution in [3.63, 3.8) is 0 Å². The molecule has 0 saturated heterocycles. The highest BCUT2D eigenvalue weighted by Crippen LogP contribution is 2.48. The maximum absolute atomic E-state index is 12.9. The Labute approximate surface area is 208 Å². The Balaban J connectivity index is 1.64. The molecule has 2 aromatic carbocycles. The fourth-order valence-corrected chi connectivity index (χ4v) is 4.60.